The average Bonchev–Trinajstić information content (AvgIpc) is 3.55. The van der Waals surface area contributed by atoms with Crippen molar-refractivity contribution in [3.8, 4) is 11.5 Å². The highest BCUT2D eigenvalue weighted by Gasteiger charge is 2.26. The summed E-state index contributed by atoms with van der Waals surface area (Å²) in [5, 5.41) is 26.6. The van der Waals surface area contributed by atoms with Crippen LogP contribution in [0.2, 0.25) is 0 Å². The summed E-state index contributed by atoms with van der Waals surface area (Å²) in [7, 11) is 0. The molecule has 12 heteroatoms. The number of hydrogen-bond acceptors (Lipinski definition) is 9. The molecule has 0 bridgehead atoms. The van der Waals surface area contributed by atoms with E-state index in [4.69, 9.17) is 0 Å². The van der Waals surface area contributed by atoms with Crippen LogP contribution in [0.4, 0.5) is 11.5 Å². The number of rotatable bonds is 5. The van der Waals surface area contributed by atoms with E-state index in [0.717, 1.165) is 43.1 Å². The van der Waals surface area contributed by atoms with E-state index in [2.05, 4.69) is 46.0 Å². The number of nitrogens with zero attached hydrogens (tertiary/aromatic N) is 10. The number of tetrazole rings is 1. The Kier molecular flexibility index (Phi) is 5.01. The Morgan fingerprint density at radius 2 is 1.71 bits per heavy atom. The maximum atomic E-state index is 12.7. The zero-order valence-corrected chi connectivity index (χ0v) is 16.5. The van der Waals surface area contributed by atoms with Gasteiger partial charge in [0.15, 0.2) is 11.6 Å². The van der Waals surface area contributed by atoms with E-state index in [0.29, 0.717) is 5.82 Å². The van der Waals surface area contributed by atoms with Crippen molar-refractivity contribution >= 4 is 17.4 Å². The number of piperidine rings is 1. The van der Waals surface area contributed by atoms with Gasteiger partial charge in [-0.3, -0.25) is 4.79 Å². The molecule has 31 heavy (non-hydrogen) atoms. The summed E-state index contributed by atoms with van der Waals surface area (Å²) in [6, 6.07) is 11.2. The predicted octanol–water partition coefficient (Wildman–Crippen LogP) is 0.888. The van der Waals surface area contributed by atoms with Gasteiger partial charge in [0.25, 0.3) is 0 Å². The standard InChI is InChI=1S/C19H19N11O/c31-19(23-15-1-3-16(4-2-15)29-13-21-26-27-29)14-7-9-28(10-8-14)17-5-6-18(25-24-17)30-12-20-11-22-30/h1-6,11-14H,7-10H2,(H,23,31). The Morgan fingerprint density at radius 3 is 2.35 bits per heavy atom. The summed E-state index contributed by atoms with van der Waals surface area (Å²) >= 11 is 0. The fraction of sp³-hybridized carbons (Fsp3) is 0.263. The van der Waals surface area contributed by atoms with Crippen LogP contribution in [0.25, 0.3) is 11.5 Å². The van der Waals surface area contributed by atoms with Crippen molar-refractivity contribution in [3.63, 3.8) is 0 Å². The maximum absolute atomic E-state index is 12.7. The smallest absolute Gasteiger partial charge is 0.227 e. The van der Waals surface area contributed by atoms with Gasteiger partial charge >= 0.3 is 0 Å². The van der Waals surface area contributed by atoms with Crippen LogP contribution in [0, 0.1) is 5.92 Å². The van der Waals surface area contributed by atoms with Crippen molar-refractivity contribution in [1.82, 2.24) is 45.2 Å². The summed E-state index contributed by atoms with van der Waals surface area (Å²) < 4.78 is 3.12. The highest BCUT2D eigenvalue weighted by molar-refractivity contribution is 5.92. The van der Waals surface area contributed by atoms with Crippen molar-refractivity contribution in [1.29, 1.82) is 0 Å². The molecule has 1 aliphatic rings. The zero-order valence-electron chi connectivity index (χ0n) is 16.5. The predicted molar refractivity (Wildman–Crippen MR) is 110 cm³/mol. The van der Waals surface area contributed by atoms with Crippen LogP contribution in [0.5, 0.6) is 0 Å². The monoisotopic (exact) mass is 417 g/mol. The molecule has 4 aromatic rings. The molecule has 0 saturated carbocycles. The third-order valence-corrected chi connectivity index (χ3v) is 5.23. The number of benzene rings is 1. The molecule has 1 saturated heterocycles. The molecule has 5 rings (SSSR count). The van der Waals surface area contributed by atoms with E-state index in [-0.39, 0.29) is 11.8 Å². The topological polar surface area (TPSA) is 132 Å². The summed E-state index contributed by atoms with van der Waals surface area (Å²) in [5.41, 5.74) is 1.58. The second kappa shape index (κ2) is 8.26. The molecular formula is C19H19N11O. The van der Waals surface area contributed by atoms with Crippen molar-refractivity contribution in [2.75, 3.05) is 23.3 Å². The minimum Gasteiger partial charge on any atom is -0.355 e. The van der Waals surface area contributed by atoms with Crippen molar-refractivity contribution in [3.05, 3.63) is 55.4 Å². The minimum atomic E-state index is -0.0437. The van der Waals surface area contributed by atoms with Crippen LogP contribution in [0.1, 0.15) is 12.8 Å². The molecule has 4 heterocycles. The van der Waals surface area contributed by atoms with Gasteiger partial charge in [0.05, 0.1) is 5.69 Å². The average molecular weight is 417 g/mol. The van der Waals surface area contributed by atoms with Crippen LogP contribution in [0.15, 0.2) is 55.4 Å². The summed E-state index contributed by atoms with van der Waals surface area (Å²) in [5.74, 6) is 1.39. The fourth-order valence-corrected chi connectivity index (χ4v) is 3.53. The number of nitrogens with one attached hydrogen (secondary N) is 1. The molecule has 0 spiro atoms. The number of anilines is 2. The van der Waals surface area contributed by atoms with Crippen molar-refractivity contribution in [2.45, 2.75) is 12.8 Å². The molecule has 1 aliphatic heterocycles. The van der Waals surface area contributed by atoms with E-state index in [9.17, 15) is 4.79 Å². The summed E-state index contributed by atoms with van der Waals surface area (Å²) in [4.78, 5) is 18.7. The van der Waals surface area contributed by atoms with Gasteiger partial charge < -0.3 is 10.2 Å². The first-order chi connectivity index (χ1) is 15.3. The Labute approximate surface area is 176 Å². The lowest BCUT2D eigenvalue weighted by Gasteiger charge is -2.31. The van der Waals surface area contributed by atoms with Crippen LogP contribution >= 0.6 is 0 Å². The Balaban J connectivity index is 1.15. The first-order valence-corrected chi connectivity index (χ1v) is 9.84. The first-order valence-electron chi connectivity index (χ1n) is 9.84. The molecule has 3 aromatic heterocycles. The summed E-state index contributed by atoms with van der Waals surface area (Å²) in [6.07, 6.45) is 6.05. The normalized spacial score (nSPS) is 14.5. The molecule has 0 radical (unpaired) electrons. The number of aromatic nitrogens is 9. The second-order valence-electron chi connectivity index (χ2n) is 7.14. The lowest BCUT2D eigenvalue weighted by atomic mass is 9.96. The molecule has 1 N–H and O–H groups in total. The SMILES string of the molecule is O=C(Nc1ccc(-n2cnnn2)cc1)C1CCN(c2ccc(-n3cncn3)nn2)CC1. The molecule has 0 aliphatic carbocycles. The lowest BCUT2D eigenvalue weighted by molar-refractivity contribution is -0.120. The molecular weight excluding hydrogens is 398 g/mol. The van der Waals surface area contributed by atoms with Crippen LogP contribution < -0.4 is 10.2 Å². The number of carbonyl (C=O) groups excluding carboxylic acids is 1. The number of amides is 1. The van der Waals surface area contributed by atoms with Gasteiger partial charge in [0.1, 0.15) is 19.0 Å². The van der Waals surface area contributed by atoms with E-state index < -0.39 is 0 Å². The third-order valence-electron chi connectivity index (χ3n) is 5.23. The van der Waals surface area contributed by atoms with Gasteiger partial charge in [-0.2, -0.15) is 5.10 Å². The van der Waals surface area contributed by atoms with Gasteiger partial charge in [-0.1, -0.05) is 0 Å². The Morgan fingerprint density at radius 1 is 0.935 bits per heavy atom. The summed E-state index contributed by atoms with van der Waals surface area (Å²) in [6.45, 7) is 1.49. The lowest BCUT2D eigenvalue weighted by Crippen LogP contribution is -2.38. The minimum absolute atomic E-state index is 0.0300. The first kappa shape index (κ1) is 18.8. The number of carbonyl (C=O) groups is 1. The molecule has 1 amide bonds. The van der Waals surface area contributed by atoms with Crippen molar-refractivity contribution in [2.24, 2.45) is 5.92 Å². The van der Waals surface area contributed by atoms with Crippen LogP contribution in [0.3, 0.4) is 0 Å². The van der Waals surface area contributed by atoms with E-state index >= 15 is 0 Å². The molecule has 1 aromatic carbocycles. The van der Waals surface area contributed by atoms with Crippen LogP contribution in [-0.2, 0) is 4.79 Å². The highest BCUT2D eigenvalue weighted by atomic mass is 16.1. The highest BCUT2D eigenvalue weighted by Crippen LogP contribution is 2.23. The van der Waals surface area contributed by atoms with Crippen molar-refractivity contribution < 1.29 is 4.79 Å². The van der Waals surface area contributed by atoms with E-state index in [1.807, 2.05) is 36.4 Å². The van der Waals surface area contributed by atoms with Crippen LogP contribution in [-0.4, -0.2) is 64.2 Å². The molecule has 1 fully saturated rings. The molecule has 156 valence electrons. The molecule has 0 unspecified atom stereocenters. The molecule has 0 atom stereocenters. The largest absolute Gasteiger partial charge is 0.355 e. The number of hydrogen-bond donors (Lipinski definition) is 1. The van der Waals surface area contributed by atoms with Gasteiger partial charge in [0.2, 0.25) is 5.91 Å². The Hall–Kier alpha value is -4.22. The Bertz CT molecular complexity index is 1120. The van der Waals surface area contributed by atoms with Gasteiger partial charge in [-0.15, -0.1) is 15.3 Å². The van der Waals surface area contributed by atoms with Gasteiger partial charge in [-0.25, -0.2) is 14.3 Å². The maximum Gasteiger partial charge on any atom is 0.227 e. The van der Waals surface area contributed by atoms with Gasteiger partial charge in [-0.05, 0) is 59.7 Å². The second-order valence-corrected chi connectivity index (χ2v) is 7.14. The fourth-order valence-electron chi connectivity index (χ4n) is 3.53. The quantitative estimate of drug-likeness (QED) is 0.502. The van der Waals surface area contributed by atoms with E-state index in [1.54, 1.807) is 15.7 Å². The van der Waals surface area contributed by atoms with E-state index in [1.165, 1.54) is 12.7 Å². The molecule has 12 nitrogen and oxygen atoms in total. The van der Waals surface area contributed by atoms with Gasteiger partial charge in [0, 0.05) is 24.7 Å². The zero-order chi connectivity index (χ0) is 21.0. The third kappa shape index (κ3) is 4.08.